The molecule has 1 aromatic rings. The van der Waals surface area contributed by atoms with Crippen molar-refractivity contribution in [2.45, 2.75) is 51.9 Å². The number of carboxylic acids is 1. The van der Waals surface area contributed by atoms with Gasteiger partial charge in [0.2, 0.25) is 0 Å². The second-order valence-corrected chi connectivity index (χ2v) is 8.06. The van der Waals surface area contributed by atoms with Crippen LogP contribution in [0.5, 0.6) is 0 Å². The Morgan fingerprint density at radius 3 is 2.08 bits per heavy atom. The van der Waals surface area contributed by atoms with Crippen LogP contribution >= 0.6 is 0 Å². The number of hydrogen-bond acceptors (Lipinski definition) is 3. The Morgan fingerprint density at radius 2 is 1.72 bits per heavy atom. The summed E-state index contributed by atoms with van der Waals surface area (Å²) in [4.78, 5) is 13.8. The zero-order valence-electron chi connectivity index (χ0n) is 15.4. The first kappa shape index (κ1) is 19.5. The Morgan fingerprint density at radius 1 is 1.20 bits per heavy atom. The topological polar surface area (TPSA) is 66.6 Å². The van der Waals surface area contributed by atoms with Crippen LogP contribution in [0.25, 0.3) is 0 Å². The molecule has 3 N–H and O–H groups in total. The summed E-state index contributed by atoms with van der Waals surface area (Å²) in [5, 5.41) is 9.49. The quantitative estimate of drug-likeness (QED) is 0.722. The van der Waals surface area contributed by atoms with Gasteiger partial charge in [-0.25, -0.2) is 8.78 Å². The third-order valence-corrected chi connectivity index (χ3v) is 4.62. The van der Waals surface area contributed by atoms with Crippen molar-refractivity contribution in [1.29, 1.82) is 0 Å². The van der Waals surface area contributed by atoms with Gasteiger partial charge in [0.15, 0.2) is 0 Å². The van der Waals surface area contributed by atoms with Gasteiger partial charge in [-0.2, -0.15) is 0 Å². The lowest BCUT2D eigenvalue weighted by atomic mass is 9.62. The number of nitrogen functional groups attached to an aromatic ring is 1. The smallest absolute Gasteiger partial charge is 0.314 e. The van der Waals surface area contributed by atoms with Crippen molar-refractivity contribution in [3.8, 4) is 0 Å². The van der Waals surface area contributed by atoms with Crippen LogP contribution in [0.3, 0.4) is 0 Å². The monoisotopic (exact) mass is 354 g/mol. The minimum Gasteiger partial charge on any atom is -0.481 e. The maximum atomic E-state index is 13.4. The normalized spacial score (nSPS) is 18.2. The van der Waals surface area contributed by atoms with E-state index < -0.39 is 30.1 Å². The zero-order valence-corrected chi connectivity index (χ0v) is 15.4. The van der Waals surface area contributed by atoms with E-state index >= 15 is 0 Å². The fraction of sp³-hybridized carbons (Fsp3) is 0.632. The minimum atomic E-state index is -2.92. The van der Waals surface area contributed by atoms with E-state index in [-0.39, 0.29) is 0 Å². The van der Waals surface area contributed by atoms with Crippen molar-refractivity contribution in [2.24, 2.45) is 11.8 Å². The summed E-state index contributed by atoms with van der Waals surface area (Å²) in [5.41, 5.74) is 6.30. The summed E-state index contributed by atoms with van der Waals surface area (Å²) in [6.45, 7) is 10.1. The number of nitrogens with zero attached hydrogens (tertiary/aromatic N) is 1. The molecule has 140 valence electrons. The molecule has 2 rings (SSSR count). The molecule has 0 saturated heterocycles. The van der Waals surface area contributed by atoms with Crippen LogP contribution in [0.15, 0.2) is 18.2 Å². The van der Waals surface area contributed by atoms with Crippen molar-refractivity contribution < 1.29 is 18.7 Å². The number of carboxylic acid groups (broad SMARTS) is 1. The van der Waals surface area contributed by atoms with Crippen molar-refractivity contribution in [3.63, 3.8) is 0 Å². The molecule has 4 nitrogen and oxygen atoms in total. The van der Waals surface area contributed by atoms with E-state index in [1.807, 2.05) is 0 Å². The molecule has 6 heteroatoms. The first-order valence-corrected chi connectivity index (χ1v) is 8.73. The predicted octanol–water partition coefficient (Wildman–Crippen LogP) is 4.14. The highest BCUT2D eigenvalue weighted by molar-refractivity contribution is 5.84. The molecule has 1 aliphatic rings. The van der Waals surface area contributed by atoms with E-state index in [2.05, 4.69) is 32.6 Å². The molecule has 0 spiro atoms. The summed E-state index contributed by atoms with van der Waals surface area (Å²) in [5.74, 6) is -3.26. The maximum Gasteiger partial charge on any atom is 0.314 e. The number of carbonyl (C=O) groups is 1. The summed E-state index contributed by atoms with van der Waals surface area (Å²) < 4.78 is 26.7. The highest BCUT2D eigenvalue weighted by Crippen LogP contribution is 2.54. The van der Waals surface area contributed by atoms with Crippen molar-refractivity contribution in [1.82, 2.24) is 0 Å². The number of halogens is 2. The molecule has 1 aromatic carbocycles. The van der Waals surface area contributed by atoms with Crippen LogP contribution < -0.4 is 10.6 Å². The number of hydrogen-bond donors (Lipinski definition) is 2. The molecule has 1 fully saturated rings. The van der Waals surface area contributed by atoms with E-state index in [0.29, 0.717) is 23.1 Å². The second kappa shape index (κ2) is 6.81. The van der Waals surface area contributed by atoms with Gasteiger partial charge in [0.1, 0.15) is 5.41 Å². The number of alkyl halides is 2. The molecule has 0 amide bonds. The van der Waals surface area contributed by atoms with Gasteiger partial charge in [0.05, 0.1) is 11.4 Å². The maximum absolute atomic E-state index is 13.4. The Kier molecular flexibility index (Phi) is 5.30. The van der Waals surface area contributed by atoms with Crippen LogP contribution in [-0.2, 0) is 10.2 Å². The highest BCUT2D eigenvalue weighted by Gasteiger charge is 2.62. The molecule has 0 unspecified atom stereocenters. The van der Waals surface area contributed by atoms with Crippen molar-refractivity contribution in [3.05, 3.63) is 23.8 Å². The second-order valence-electron chi connectivity index (χ2n) is 8.06. The van der Waals surface area contributed by atoms with Gasteiger partial charge in [-0.15, -0.1) is 0 Å². The van der Waals surface area contributed by atoms with E-state index in [9.17, 15) is 18.7 Å². The lowest BCUT2D eigenvalue weighted by Gasteiger charge is -2.44. The molecule has 0 atom stereocenters. The number of rotatable bonds is 7. The highest BCUT2D eigenvalue weighted by atomic mass is 19.3. The van der Waals surface area contributed by atoms with E-state index in [1.54, 1.807) is 18.2 Å². The number of anilines is 2. The van der Waals surface area contributed by atoms with Crippen molar-refractivity contribution in [2.75, 3.05) is 23.7 Å². The molecular formula is C19H28F2N2O2. The Labute approximate surface area is 148 Å². The van der Waals surface area contributed by atoms with E-state index in [1.165, 1.54) is 0 Å². The van der Waals surface area contributed by atoms with Crippen LogP contribution in [0.1, 0.15) is 46.1 Å². The van der Waals surface area contributed by atoms with Gasteiger partial charge in [0.25, 0.3) is 5.92 Å². The fourth-order valence-corrected chi connectivity index (χ4v) is 3.60. The average molecular weight is 354 g/mol. The van der Waals surface area contributed by atoms with Gasteiger partial charge in [-0.3, -0.25) is 4.79 Å². The standard InChI is InChI=1S/C19H28F2N2O2/c1-12(2)8-23(9-13(3)4)16-6-5-14(7-15(16)22)18(17(24)25)10-19(20,21)11-18/h5-7,12-13H,8-11,22H2,1-4H3,(H,24,25). The zero-order chi connectivity index (χ0) is 19.0. The molecule has 25 heavy (non-hydrogen) atoms. The summed E-state index contributed by atoms with van der Waals surface area (Å²) in [7, 11) is 0. The van der Waals surface area contributed by atoms with Gasteiger partial charge < -0.3 is 15.7 Å². The molecule has 0 bridgehead atoms. The first-order chi connectivity index (χ1) is 11.5. The third-order valence-electron chi connectivity index (χ3n) is 4.62. The molecular weight excluding hydrogens is 326 g/mol. The van der Waals surface area contributed by atoms with E-state index in [4.69, 9.17) is 5.73 Å². The van der Waals surface area contributed by atoms with Gasteiger partial charge in [-0.05, 0) is 29.5 Å². The Hall–Kier alpha value is -1.85. The molecule has 0 radical (unpaired) electrons. The third kappa shape index (κ3) is 4.05. The molecule has 1 saturated carbocycles. The molecule has 0 aliphatic heterocycles. The first-order valence-electron chi connectivity index (χ1n) is 8.73. The minimum absolute atomic E-state index is 0.362. The Balaban J connectivity index is 2.34. The Bertz CT molecular complexity index is 626. The van der Waals surface area contributed by atoms with Crippen LogP contribution in [-0.4, -0.2) is 30.1 Å². The molecule has 0 heterocycles. The predicted molar refractivity (Wildman–Crippen MR) is 96.2 cm³/mol. The molecule has 1 aliphatic carbocycles. The lowest BCUT2D eigenvalue weighted by molar-refractivity contribution is -0.174. The SMILES string of the molecule is CC(C)CN(CC(C)C)c1ccc(C2(C(=O)O)CC(F)(F)C2)cc1N. The number of nitrogens with two attached hydrogens (primary N) is 1. The lowest BCUT2D eigenvalue weighted by Crippen LogP contribution is -2.54. The van der Waals surface area contributed by atoms with Gasteiger partial charge in [0, 0.05) is 25.9 Å². The van der Waals surface area contributed by atoms with Gasteiger partial charge in [-0.1, -0.05) is 33.8 Å². The largest absolute Gasteiger partial charge is 0.481 e. The van der Waals surface area contributed by atoms with Crippen LogP contribution in [0.2, 0.25) is 0 Å². The summed E-state index contributed by atoms with van der Waals surface area (Å²) in [6, 6.07) is 4.98. The molecule has 0 aromatic heterocycles. The number of aliphatic carboxylic acids is 1. The summed E-state index contributed by atoms with van der Waals surface area (Å²) >= 11 is 0. The number of benzene rings is 1. The van der Waals surface area contributed by atoms with E-state index in [0.717, 1.165) is 18.8 Å². The fourth-order valence-electron chi connectivity index (χ4n) is 3.60. The summed E-state index contributed by atoms with van der Waals surface area (Å²) in [6.07, 6.45) is -1.34. The van der Waals surface area contributed by atoms with Crippen LogP contribution in [0.4, 0.5) is 20.2 Å². The van der Waals surface area contributed by atoms with Crippen LogP contribution in [0, 0.1) is 11.8 Å². The van der Waals surface area contributed by atoms with Gasteiger partial charge >= 0.3 is 5.97 Å². The van der Waals surface area contributed by atoms with Crippen molar-refractivity contribution >= 4 is 17.3 Å². The average Bonchev–Trinajstić information content (AvgIpc) is 2.42.